The number of aliphatic hydroxyl groups excluding tert-OH is 2. The number of phenolic OH excluding ortho intramolecular Hbond substituents is 1. The molecule has 4 aromatic carbocycles. The van der Waals surface area contributed by atoms with Crippen LogP contribution in [0.15, 0.2) is 103 Å². The SMILES string of the molecule is COc1ccc(CN[C@@H](C(=O)NC2c3ccccc3CC2O)[C@H](O)[C@H](Cc2ccccc2)NC(=O)[C@@H](NC(=O)/C=C/c2ccc(OC)cc2O)C(C)(C)C)cc1. The monoisotopic (exact) mass is 764 g/mol. The Morgan fingerprint density at radius 1 is 0.839 bits per heavy atom. The van der Waals surface area contributed by atoms with E-state index in [1.165, 1.54) is 25.3 Å². The number of phenols is 1. The first-order valence-corrected chi connectivity index (χ1v) is 18.6. The van der Waals surface area contributed by atoms with Crippen molar-refractivity contribution in [2.75, 3.05) is 14.2 Å². The van der Waals surface area contributed by atoms with Crippen LogP contribution in [0.1, 0.15) is 54.6 Å². The summed E-state index contributed by atoms with van der Waals surface area (Å²) in [6, 6.07) is 24.7. The molecule has 2 unspecified atom stereocenters. The zero-order valence-corrected chi connectivity index (χ0v) is 32.4. The number of aromatic hydroxyl groups is 1. The number of amides is 3. The van der Waals surface area contributed by atoms with Gasteiger partial charge in [-0.25, -0.2) is 0 Å². The molecular weight excluding hydrogens is 713 g/mol. The number of fused-ring (bicyclic) bond motifs is 1. The van der Waals surface area contributed by atoms with Crippen LogP contribution in [0.5, 0.6) is 17.2 Å². The molecule has 56 heavy (non-hydrogen) atoms. The Kier molecular flexibility index (Phi) is 13.9. The molecule has 7 N–H and O–H groups in total. The molecule has 0 aliphatic heterocycles. The van der Waals surface area contributed by atoms with E-state index in [1.54, 1.807) is 52.1 Å². The Bertz CT molecular complexity index is 1980. The first-order valence-electron chi connectivity index (χ1n) is 18.6. The van der Waals surface area contributed by atoms with Crippen LogP contribution in [-0.4, -0.2) is 77.6 Å². The van der Waals surface area contributed by atoms with Gasteiger partial charge in [0.05, 0.1) is 38.5 Å². The zero-order chi connectivity index (χ0) is 40.4. The van der Waals surface area contributed by atoms with Gasteiger partial charge < -0.3 is 40.7 Å². The fourth-order valence-electron chi connectivity index (χ4n) is 6.78. The molecule has 0 spiro atoms. The minimum atomic E-state index is -1.49. The molecule has 0 fully saturated rings. The van der Waals surface area contributed by atoms with E-state index in [-0.39, 0.29) is 18.7 Å². The number of methoxy groups -OCH3 is 2. The topological polar surface area (TPSA) is 178 Å². The van der Waals surface area contributed by atoms with E-state index >= 15 is 0 Å². The fourth-order valence-corrected chi connectivity index (χ4v) is 6.78. The van der Waals surface area contributed by atoms with Crippen LogP contribution in [0.25, 0.3) is 6.08 Å². The van der Waals surface area contributed by atoms with E-state index < -0.39 is 59.5 Å². The fraction of sp³-hybridized carbons (Fsp3) is 0.341. The number of carbonyl (C=O) groups is 3. The van der Waals surface area contributed by atoms with Crippen molar-refractivity contribution in [3.63, 3.8) is 0 Å². The van der Waals surface area contributed by atoms with Crippen molar-refractivity contribution in [1.29, 1.82) is 0 Å². The Morgan fingerprint density at radius 3 is 2.16 bits per heavy atom. The Morgan fingerprint density at radius 2 is 1.50 bits per heavy atom. The minimum Gasteiger partial charge on any atom is -0.507 e. The molecule has 0 radical (unpaired) electrons. The quantitative estimate of drug-likeness (QED) is 0.0832. The summed E-state index contributed by atoms with van der Waals surface area (Å²) < 4.78 is 10.4. The highest BCUT2D eigenvalue weighted by Crippen LogP contribution is 2.31. The van der Waals surface area contributed by atoms with Gasteiger partial charge in [-0.2, -0.15) is 0 Å². The lowest BCUT2D eigenvalue weighted by molar-refractivity contribution is -0.133. The number of ether oxygens (including phenoxy) is 2. The van der Waals surface area contributed by atoms with Gasteiger partial charge in [0.1, 0.15) is 29.3 Å². The molecule has 0 heterocycles. The molecule has 5 rings (SSSR count). The highest BCUT2D eigenvalue weighted by Gasteiger charge is 2.40. The maximum Gasteiger partial charge on any atom is 0.244 e. The number of hydrogen-bond donors (Lipinski definition) is 7. The predicted octanol–water partition coefficient (Wildman–Crippen LogP) is 3.97. The van der Waals surface area contributed by atoms with Crippen LogP contribution in [0.4, 0.5) is 0 Å². The van der Waals surface area contributed by atoms with Crippen molar-refractivity contribution < 1.29 is 39.2 Å². The molecule has 4 aromatic rings. The van der Waals surface area contributed by atoms with Gasteiger partial charge in [0.25, 0.3) is 0 Å². The third-order valence-electron chi connectivity index (χ3n) is 9.92. The minimum absolute atomic E-state index is 0.0814. The number of aliphatic hydroxyl groups is 2. The summed E-state index contributed by atoms with van der Waals surface area (Å²) in [5, 5.41) is 45.5. The number of benzene rings is 4. The summed E-state index contributed by atoms with van der Waals surface area (Å²) in [6.45, 7) is 5.59. The number of nitrogens with one attached hydrogen (secondary N) is 4. The highest BCUT2D eigenvalue weighted by molar-refractivity contribution is 5.96. The van der Waals surface area contributed by atoms with E-state index in [4.69, 9.17) is 9.47 Å². The lowest BCUT2D eigenvalue weighted by Gasteiger charge is -2.35. The molecule has 296 valence electrons. The molecule has 12 heteroatoms. The average Bonchev–Trinajstić information content (AvgIpc) is 3.50. The van der Waals surface area contributed by atoms with Crippen molar-refractivity contribution in [2.45, 2.75) is 76.5 Å². The second-order valence-electron chi connectivity index (χ2n) is 15.0. The third kappa shape index (κ3) is 10.7. The lowest BCUT2D eigenvalue weighted by Crippen LogP contribution is -2.62. The van der Waals surface area contributed by atoms with Gasteiger partial charge in [-0.3, -0.25) is 19.7 Å². The van der Waals surface area contributed by atoms with Gasteiger partial charge in [-0.1, -0.05) is 87.5 Å². The second kappa shape index (κ2) is 18.8. The van der Waals surface area contributed by atoms with Crippen LogP contribution < -0.4 is 30.7 Å². The van der Waals surface area contributed by atoms with Gasteiger partial charge in [-0.15, -0.1) is 0 Å². The Hall–Kier alpha value is -5.69. The number of carbonyl (C=O) groups excluding carboxylic acids is 3. The van der Waals surface area contributed by atoms with Crippen LogP contribution >= 0.6 is 0 Å². The first-order chi connectivity index (χ1) is 26.8. The summed E-state index contributed by atoms with van der Waals surface area (Å²) in [6.07, 6.45) is 0.827. The highest BCUT2D eigenvalue weighted by atomic mass is 16.5. The summed E-state index contributed by atoms with van der Waals surface area (Å²) >= 11 is 0. The summed E-state index contributed by atoms with van der Waals surface area (Å²) in [7, 11) is 3.05. The summed E-state index contributed by atoms with van der Waals surface area (Å²) in [4.78, 5) is 41.8. The van der Waals surface area contributed by atoms with Crippen LogP contribution in [0, 0.1) is 5.41 Å². The van der Waals surface area contributed by atoms with E-state index in [1.807, 2.05) is 66.7 Å². The first kappa shape index (κ1) is 41.5. The molecule has 0 saturated carbocycles. The molecular formula is C44H52N4O8. The average molecular weight is 765 g/mol. The van der Waals surface area contributed by atoms with Gasteiger partial charge in [0, 0.05) is 30.7 Å². The molecule has 1 aliphatic rings. The van der Waals surface area contributed by atoms with Crippen LogP contribution in [0.2, 0.25) is 0 Å². The molecule has 6 atom stereocenters. The van der Waals surface area contributed by atoms with Crippen molar-refractivity contribution in [3.8, 4) is 17.2 Å². The van der Waals surface area contributed by atoms with E-state index in [0.717, 1.165) is 22.3 Å². The number of hydrogen-bond acceptors (Lipinski definition) is 9. The van der Waals surface area contributed by atoms with Gasteiger partial charge in [0.15, 0.2) is 0 Å². The van der Waals surface area contributed by atoms with Crippen molar-refractivity contribution in [2.24, 2.45) is 5.41 Å². The Balaban J connectivity index is 1.41. The molecule has 12 nitrogen and oxygen atoms in total. The van der Waals surface area contributed by atoms with Crippen molar-refractivity contribution >= 4 is 23.8 Å². The molecule has 1 aliphatic carbocycles. The van der Waals surface area contributed by atoms with Crippen molar-refractivity contribution in [3.05, 3.63) is 131 Å². The second-order valence-corrected chi connectivity index (χ2v) is 15.0. The normalized spacial score (nSPS) is 17.3. The van der Waals surface area contributed by atoms with Crippen LogP contribution in [0.3, 0.4) is 0 Å². The van der Waals surface area contributed by atoms with Crippen LogP contribution in [-0.2, 0) is 33.8 Å². The number of rotatable bonds is 16. The molecule has 0 aromatic heterocycles. The third-order valence-corrected chi connectivity index (χ3v) is 9.92. The van der Waals surface area contributed by atoms with E-state index in [2.05, 4.69) is 21.3 Å². The lowest BCUT2D eigenvalue weighted by atomic mass is 9.85. The summed E-state index contributed by atoms with van der Waals surface area (Å²) in [5.74, 6) is -0.672. The Labute approximate surface area is 327 Å². The largest absolute Gasteiger partial charge is 0.507 e. The van der Waals surface area contributed by atoms with E-state index in [0.29, 0.717) is 23.5 Å². The molecule has 0 bridgehead atoms. The molecule has 0 saturated heterocycles. The van der Waals surface area contributed by atoms with Gasteiger partial charge >= 0.3 is 0 Å². The van der Waals surface area contributed by atoms with E-state index in [9.17, 15) is 29.7 Å². The standard InChI is InChI=1S/C44H52N4O8/c1-44(2,3)41(47-37(51)22-18-29-17-21-32(56-5)25-35(29)49)43(54)46-34(23-27-11-7-6-8-12-27)40(52)39(45-26-28-15-19-31(55-4)20-16-28)42(53)48-38-33-14-10-9-13-30(33)24-36(38)50/h6-22,25,34,36,38-41,45,49-50,52H,23-24,26H2,1-5H3,(H,46,54)(H,47,51)(H,48,53)/b22-18+/t34-,36?,38?,39+,40+,41+/m0/s1. The zero-order valence-electron chi connectivity index (χ0n) is 32.4. The molecule has 3 amide bonds. The van der Waals surface area contributed by atoms with Gasteiger partial charge in [-0.05, 0) is 64.4 Å². The van der Waals surface area contributed by atoms with Gasteiger partial charge in [0.2, 0.25) is 17.7 Å². The predicted molar refractivity (Wildman–Crippen MR) is 214 cm³/mol. The maximum absolute atomic E-state index is 14.3. The summed E-state index contributed by atoms with van der Waals surface area (Å²) in [5.41, 5.74) is 2.93. The maximum atomic E-state index is 14.3. The smallest absolute Gasteiger partial charge is 0.244 e. The van der Waals surface area contributed by atoms with Crippen molar-refractivity contribution in [1.82, 2.24) is 21.3 Å².